The summed E-state index contributed by atoms with van der Waals surface area (Å²) in [7, 11) is -2.21. The molecule has 3 atom stereocenters. The third-order valence-electron chi connectivity index (χ3n) is 4.48. The van der Waals surface area contributed by atoms with Crippen LogP contribution in [0.2, 0.25) is 5.02 Å². The lowest BCUT2D eigenvalue weighted by atomic mass is 10.0. The summed E-state index contributed by atoms with van der Waals surface area (Å²) in [4.78, 5) is 0.172. The molecular formula is C18H16ClNO3S. The Morgan fingerprint density at radius 2 is 1.79 bits per heavy atom. The zero-order valence-corrected chi connectivity index (χ0v) is 14.6. The zero-order chi connectivity index (χ0) is 17.4. The van der Waals surface area contributed by atoms with Gasteiger partial charge in [-0.3, -0.25) is 0 Å². The van der Waals surface area contributed by atoms with Crippen LogP contribution in [-0.2, 0) is 14.6 Å². The fourth-order valence-corrected chi connectivity index (χ4v) is 5.78. The van der Waals surface area contributed by atoms with E-state index >= 15 is 0 Å². The zero-order valence-electron chi connectivity index (χ0n) is 13.0. The second-order valence-electron chi connectivity index (χ2n) is 5.89. The van der Waals surface area contributed by atoms with Crippen LogP contribution in [0.3, 0.4) is 0 Å². The highest BCUT2D eigenvalue weighted by Gasteiger charge is 2.72. The van der Waals surface area contributed by atoms with Gasteiger partial charge in [0.2, 0.25) is 0 Å². The Hall–Kier alpha value is -1.87. The number of hydrogen-bond donors (Lipinski definition) is 0. The Bertz CT molecular complexity index is 875. The molecule has 0 N–H and O–H groups in total. The van der Waals surface area contributed by atoms with Crippen LogP contribution in [-0.4, -0.2) is 27.4 Å². The van der Waals surface area contributed by atoms with Gasteiger partial charge in [-0.05, 0) is 29.8 Å². The summed E-state index contributed by atoms with van der Waals surface area (Å²) in [6.45, 7) is 0.0700. The van der Waals surface area contributed by atoms with Gasteiger partial charge >= 0.3 is 0 Å². The molecule has 0 heterocycles. The maximum atomic E-state index is 13.1. The van der Waals surface area contributed by atoms with Crippen molar-refractivity contribution in [1.29, 1.82) is 5.26 Å². The number of nitriles is 1. The fourth-order valence-electron chi connectivity index (χ4n) is 3.34. The molecule has 0 bridgehead atoms. The van der Waals surface area contributed by atoms with E-state index in [0.29, 0.717) is 5.02 Å². The molecule has 24 heavy (non-hydrogen) atoms. The first-order valence-corrected chi connectivity index (χ1v) is 9.34. The first kappa shape index (κ1) is 17.0. The second-order valence-corrected chi connectivity index (χ2v) is 8.40. The minimum Gasteiger partial charge on any atom is -0.383 e. The molecule has 0 spiro atoms. The Morgan fingerprint density at radius 1 is 1.17 bits per heavy atom. The quantitative estimate of drug-likeness (QED) is 0.818. The maximum absolute atomic E-state index is 13.1. The standard InChI is InChI=1S/C18H16ClNO3S/c1-23-12-18(11-20)16(13-5-3-2-4-6-13)17(18)24(21,22)15-9-7-14(19)8-10-15/h2-10,16-17H,12H2,1H3. The SMILES string of the molecule is COCC1(C#N)C(c2ccccc2)C1S(=O)(=O)c1ccc(Cl)cc1. The van der Waals surface area contributed by atoms with E-state index < -0.39 is 26.4 Å². The summed E-state index contributed by atoms with van der Waals surface area (Å²) in [5.74, 6) is -0.413. The molecular weight excluding hydrogens is 346 g/mol. The van der Waals surface area contributed by atoms with Gasteiger partial charge in [-0.25, -0.2) is 8.42 Å². The number of benzene rings is 2. The van der Waals surface area contributed by atoms with Crippen LogP contribution in [0.1, 0.15) is 11.5 Å². The van der Waals surface area contributed by atoms with E-state index in [1.54, 1.807) is 12.1 Å². The molecule has 0 aliphatic heterocycles. The van der Waals surface area contributed by atoms with Crippen molar-refractivity contribution in [2.24, 2.45) is 5.41 Å². The van der Waals surface area contributed by atoms with Gasteiger partial charge in [0.15, 0.2) is 9.84 Å². The normalized spacial score (nSPS) is 25.9. The molecule has 0 amide bonds. The Labute approximate surface area is 146 Å². The van der Waals surface area contributed by atoms with Gasteiger partial charge in [-0.15, -0.1) is 0 Å². The summed E-state index contributed by atoms with van der Waals surface area (Å²) in [5.41, 5.74) is -0.243. The van der Waals surface area contributed by atoms with Crippen LogP contribution in [0.4, 0.5) is 0 Å². The van der Waals surface area contributed by atoms with E-state index in [2.05, 4.69) is 6.07 Å². The lowest BCUT2D eigenvalue weighted by Crippen LogP contribution is -2.19. The molecule has 6 heteroatoms. The van der Waals surface area contributed by atoms with Crippen LogP contribution < -0.4 is 0 Å². The molecule has 0 aromatic heterocycles. The molecule has 1 aliphatic rings. The second kappa shape index (κ2) is 6.21. The summed E-state index contributed by atoms with van der Waals surface area (Å²) >= 11 is 5.85. The molecule has 1 saturated carbocycles. The molecule has 2 aromatic rings. The predicted octanol–water partition coefficient (Wildman–Crippen LogP) is 3.44. The van der Waals surface area contributed by atoms with Gasteiger partial charge in [0.25, 0.3) is 0 Å². The van der Waals surface area contributed by atoms with Crippen LogP contribution in [0.5, 0.6) is 0 Å². The van der Waals surface area contributed by atoms with Crippen molar-refractivity contribution in [2.75, 3.05) is 13.7 Å². The topological polar surface area (TPSA) is 67.2 Å². The molecule has 3 rings (SSSR count). The Morgan fingerprint density at radius 3 is 2.33 bits per heavy atom. The van der Waals surface area contributed by atoms with Crippen LogP contribution in [0.15, 0.2) is 59.5 Å². The molecule has 4 nitrogen and oxygen atoms in total. The number of methoxy groups -OCH3 is 1. The Balaban J connectivity index is 2.07. The smallest absolute Gasteiger partial charge is 0.183 e. The van der Waals surface area contributed by atoms with E-state index in [-0.39, 0.29) is 11.5 Å². The average molecular weight is 362 g/mol. The van der Waals surface area contributed by atoms with Gasteiger partial charge in [0.1, 0.15) is 5.41 Å². The number of hydrogen-bond acceptors (Lipinski definition) is 4. The van der Waals surface area contributed by atoms with E-state index in [4.69, 9.17) is 16.3 Å². The molecule has 1 fully saturated rings. The number of rotatable bonds is 5. The van der Waals surface area contributed by atoms with Crippen molar-refractivity contribution >= 4 is 21.4 Å². The minimum atomic E-state index is -3.68. The van der Waals surface area contributed by atoms with Crippen LogP contribution in [0, 0.1) is 16.7 Å². The van der Waals surface area contributed by atoms with E-state index in [1.807, 2.05) is 30.3 Å². The predicted molar refractivity (Wildman–Crippen MR) is 91.5 cm³/mol. The van der Waals surface area contributed by atoms with Crippen molar-refractivity contribution in [2.45, 2.75) is 16.1 Å². The summed E-state index contributed by atoms with van der Waals surface area (Å²) in [5, 5.41) is 9.36. The Kier molecular flexibility index (Phi) is 4.39. The van der Waals surface area contributed by atoms with Gasteiger partial charge < -0.3 is 4.74 Å². The highest BCUT2D eigenvalue weighted by atomic mass is 35.5. The van der Waals surface area contributed by atoms with Crippen molar-refractivity contribution in [3.63, 3.8) is 0 Å². The van der Waals surface area contributed by atoms with Crippen molar-refractivity contribution in [3.05, 3.63) is 65.2 Å². The monoisotopic (exact) mass is 361 g/mol. The van der Waals surface area contributed by atoms with Gasteiger partial charge in [0.05, 0.1) is 22.8 Å². The molecule has 0 radical (unpaired) electrons. The first-order valence-electron chi connectivity index (χ1n) is 7.42. The number of nitrogens with zero attached hydrogens (tertiary/aromatic N) is 1. The summed E-state index contributed by atoms with van der Waals surface area (Å²) in [6, 6.07) is 17.5. The fraction of sp³-hybridized carbons (Fsp3) is 0.278. The van der Waals surface area contributed by atoms with Gasteiger partial charge in [0, 0.05) is 18.1 Å². The number of ether oxygens (including phenoxy) is 1. The summed E-state index contributed by atoms with van der Waals surface area (Å²) in [6.07, 6.45) is 0. The van der Waals surface area contributed by atoms with E-state index in [1.165, 1.54) is 19.2 Å². The first-order chi connectivity index (χ1) is 11.5. The molecule has 0 saturated heterocycles. The molecule has 3 unspecified atom stereocenters. The van der Waals surface area contributed by atoms with Crippen molar-refractivity contribution in [1.82, 2.24) is 0 Å². The third kappa shape index (κ3) is 2.61. The van der Waals surface area contributed by atoms with Crippen LogP contribution >= 0.6 is 11.6 Å². The van der Waals surface area contributed by atoms with Gasteiger partial charge in [-0.2, -0.15) is 5.26 Å². The lowest BCUT2D eigenvalue weighted by Gasteiger charge is -2.08. The van der Waals surface area contributed by atoms with E-state index in [9.17, 15) is 13.7 Å². The number of halogens is 1. The van der Waals surface area contributed by atoms with E-state index in [0.717, 1.165) is 5.56 Å². The maximum Gasteiger partial charge on any atom is 0.183 e. The molecule has 1 aliphatic carbocycles. The largest absolute Gasteiger partial charge is 0.383 e. The van der Waals surface area contributed by atoms with Gasteiger partial charge in [-0.1, -0.05) is 41.9 Å². The average Bonchev–Trinajstić information content (AvgIpc) is 3.26. The number of sulfone groups is 1. The molecule has 2 aromatic carbocycles. The summed E-state index contributed by atoms with van der Waals surface area (Å²) < 4.78 is 31.4. The highest BCUT2D eigenvalue weighted by Crippen LogP contribution is 2.63. The molecule has 124 valence electrons. The van der Waals surface area contributed by atoms with Crippen LogP contribution in [0.25, 0.3) is 0 Å². The third-order valence-corrected chi connectivity index (χ3v) is 7.03. The van der Waals surface area contributed by atoms with Crippen molar-refractivity contribution in [3.8, 4) is 6.07 Å². The highest BCUT2D eigenvalue weighted by molar-refractivity contribution is 7.92. The van der Waals surface area contributed by atoms with Crippen molar-refractivity contribution < 1.29 is 13.2 Å². The minimum absolute atomic E-state index is 0.0700. The lowest BCUT2D eigenvalue weighted by molar-refractivity contribution is 0.162.